The van der Waals surface area contributed by atoms with Crippen LogP contribution in [0.4, 0.5) is 8.78 Å². The molecule has 1 unspecified atom stereocenters. The molecule has 0 aromatic heterocycles. The van der Waals surface area contributed by atoms with E-state index in [-0.39, 0.29) is 6.04 Å². The number of alkyl halides is 2. The first-order valence-electron chi connectivity index (χ1n) is 7.38. The van der Waals surface area contributed by atoms with Gasteiger partial charge in [-0.25, -0.2) is 8.78 Å². The Labute approximate surface area is 125 Å². The fraction of sp³-hybridized carbons (Fsp3) is 0.625. The van der Waals surface area contributed by atoms with E-state index in [4.69, 9.17) is 9.47 Å². The van der Waals surface area contributed by atoms with Crippen molar-refractivity contribution in [1.29, 1.82) is 0 Å². The maximum Gasteiger partial charge on any atom is 0.261 e. The molecule has 1 rings (SSSR count). The van der Waals surface area contributed by atoms with Crippen molar-refractivity contribution in [2.45, 2.75) is 38.7 Å². The molecule has 120 valence electrons. The van der Waals surface area contributed by atoms with E-state index >= 15 is 0 Å². The van der Waals surface area contributed by atoms with Crippen LogP contribution < -0.4 is 10.1 Å². The molecule has 1 aromatic rings. The van der Waals surface area contributed by atoms with Gasteiger partial charge in [0, 0.05) is 12.6 Å². The second kappa shape index (κ2) is 10.5. The Hall–Kier alpha value is -1.20. The van der Waals surface area contributed by atoms with Crippen LogP contribution in [0.15, 0.2) is 24.3 Å². The second-order valence-corrected chi connectivity index (χ2v) is 4.90. The molecule has 0 saturated carbocycles. The SMILES string of the molecule is CCNC(CCOCC(F)F)CCc1ccc(OC)cc1. The minimum absolute atomic E-state index is 0.287. The Morgan fingerprint density at radius 1 is 1.14 bits per heavy atom. The highest BCUT2D eigenvalue weighted by Crippen LogP contribution is 2.14. The van der Waals surface area contributed by atoms with Gasteiger partial charge in [0.05, 0.1) is 7.11 Å². The number of halogens is 2. The average molecular weight is 301 g/mol. The molecule has 3 nitrogen and oxygen atoms in total. The molecule has 1 N–H and O–H groups in total. The summed E-state index contributed by atoms with van der Waals surface area (Å²) in [5, 5.41) is 3.37. The van der Waals surface area contributed by atoms with Crippen molar-refractivity contribution in [3.05, 3.63) is 29.8 Å². The molecule has 0 heterocycles. The fourth-order valence-corrected chi connectivity index (χ4v) is 2.17. The molecular formula is C16H25F2NO2. The lowest BCUT2D eigenvalue weighted by Gasteiger charge is -2.18. The highest BCUT2D eigenvalue weighted by atomic mass is 19.3. The van der Waals surface area contributed by atoms with E-state index in [0.29, 0.717) is 6.61 Å². The summed E-state index contributed by atoms with van der Waals surface area (Å²) < 4.78 is 34.1. The summed E-state index contributed by atoms with van der Waals surface area (Å²) >= 11 is 0. The van der Waals surface area contributed by atoms with Gasteiger partial charge < -0.3 is 14.8 Å². The van der Waals surface area contributed by atoms with Crippen LogP contribution in [-0.2, 0) is 11.2 Å². The summed E-state index contributed by atoms with van der Waals surface area (Å²) in [4.78, 5) is 0. The molecule has 0 aliphatic heterocycles. The van der Waals surface area contributed by atoms with E-state index in [0.717, 1.165) is 31.6 Å². The van der Waals surface area contributed by atoms with Gasteiger partial charge in [-0.2, -0.15) is 0 Å². The molecule has 1 atom stereocenters. The highest BCUT2D eigenvalue weighted by Gasteiger charge is 2.09. The van der Waals surface area contributed by atoms with Crippen molar-refractivity contribution in [3.63, 3.8) is 0 Å². The third kappa shape index (κ3) is 7.97. The number of rotatable bonds is 11. The van der Waals surface area contributed by atoms with E-state index in [1.54, 1.807) is 7.11 Å². The standard InChI is InChI=1S/C16H25F2NO2/c1-3-19-14(10-11-21-12-16(17)18)7-4-13-5-8-15(20-2)9-6-13/h5-6,8-9,14,16,19H,3-4,7,10-12H2,1-2H3. The molecule has 21 heavy (non-hydrogen) atoms. The maximum atomic E-state index is 12.0. The minimum Gasteiger partial charge on any atom is -0.497 e. The summed E-state index contributed by atoms with van der Waals surface area (Å²) in [5.74, 6) is 0.849. The van der Waals surface area contributed by atoms with Crippen molar-refractivity contribution in [3.8, 4) is 5.75 Å². The van der Waals surface area contributed by atoms with Crippen LogP contribution in [0, 0.1) is 0 Å². The van der Waals surface area contributed by atoms with Gasteiger partial charge >= 0.3 is 0 Å². The lowest BCUT2D eigenvalue weighted by molar-refractivity contribution is 0.0142. The topological polar surface area (TPSA) is 30.5 Å². The van der Waals surface area contributed by atoms with E-state index < -0.39 is 13.0 Å². The number of methoxy groups -OCH3 is 1. The fourth-order valence-electron chi connectivity index (χ4n) is 2.17. The van der Waals surface area contributed by atoms with Crippen LogP contribution in [0.2, 0.25) is 0 Å². The smallest absolute Gasteiger partial charge is 0.261 e. The lowest BCUT2D eigenvalue weighted by Crippen LogP contribution is -2.30. The largest absolute Gasteiger partial charge is 0.497 e. The highest BCUT2D eigenvalue weighted by molar-refractivity contribution is 5.27. The number of nitrogens with one attached hydrogen (secondary N) is 1. The number of benzene rings is 1. The van der Waals surface area contributed by atoms with Crippen LogP contribution in [0.1, 0.15) is 25.3 Å². The van der Waals surface area contributed by atoms with Gasteiger partial charge in [0.1, 0.15) is 12.4 Å². The van der Waals surface area contributed by atoms with Crippen LogP contribution >= 0.6 is 0 Å². The lowest BCUT2D eigenvalue weighted by atomic mass is 10.0. The Bertz CT molecular complexity index is 371. The number of aryl methyl sites for hydroxylation is 1. The van der Waals surface area contributed by atoms with Gasteiger partial charge in [-0.1, -0.05) is 19.1 Å². The molecule has 0 radical (unpaired) electrons. The molecule has 5 heteroatoms. The van der Waals surface area contributed by atoms with Crippen LogP contribution in [-0.4, -0.2) is 39.3 Å². The monoisotopic (exact) mass is 301 g/mol. The maximum absolute atomic E-state index is 12.0. The second-order valence-electron chi connectivity index (χ2n) is 4.90. The van der Waals surface area contributed by atoms with Gasteiger partial charge in [-0.15, -0.1) is 0 Å². The summed E-state index contributed by atoms with van der Waals surface area (Å²) in [6.07, 6.45) is 0.257. The van der Waals surface area contributed by atoms with Crippen LogP contribution in [0.5, 0.6) is 5.75 Å². The van der Waals surface area contributed by atoms with Crippen LogP contribution in [0.3, 0.4) is 0 Å². The molecule has 0 aliphatic carbocycles. The van der Waals surface area contributed by atoms with E-state index in [9.17, 15) is 8.78 Å². The zero-order chi connectivity index (χ0) is 15.5. The zero-order valence-electron chi connectivity index (χ0n) is 12.8. The van der Waals surface area contributed by atoms with Crippen molar-refractivity contribution >= 4 is 0 Å². The molecule has 0 bridgehead atoms. The first-order valence-corrected chi connectivity index (χ1v) is 7.38. The third-order valence-electron chi connectivity index (χ3n) is 3.29. The molecule has 0 aliphatic rings. The number of hydrogen-bond acceptors (Lipinski definition) is 3. The van der Waals surface area contributed by atoms with Crippen molar-refractivity contribution in [1.82, 2.24) is 5.32 Å². The minimum atomic E-state index is -2.39. The summed E-state index contributed by atoms with van der Waals surface area (Å²) in [6.45, 7) is 2.80. The first-order chi connectivity index (χ1) is 10.2. The molecule has 0 amide bonds. The van der Waals surface area contributed by atoms with Gasteiger partial charge in [-0.05, 0) is 43.5 Å². The van der Waals surface area contributed by atoms with Gasteiger partial charge in [0.15, 0.2) is 0 Å². The third-order valence-corrected chi connectivity index (χ3v) is 3.29. The Kier molecular flexibility index (Phi) is 8.94. The molecule has 0 spiro atoms. The Morgan fingerprint density at radius 2 is 1.86 bits per heavy atom. The predicted molar refractivity (Wildman–Crippen MR) is 80.2 cm³/mol. The molecule has 1 aromatic carbocycles. The molecular weight excluding hydrogens is 276 g/mol. The van der Waals surface area contributed by atoms with Crippen molar-refractivity contribution in [2.24, 2.45) is 0 Å². The normalized spacial score (nSPS) is 12.6. The van der Waals surface area contributed by atoms with Gasteiger partial charge in [0.25, 0.3) is 6.43 Å². The summed E-state index contributed by atoms with van der Waals surface area (Å²) in [5.41, 5.74) is 1.24. The summed E-state index contributed by atoms with van der Waals surface area (Å²) in [6, 6.07) is 8.28. The summed E-state index contributed by atoms with van der Waals surface area (Å²) in [7, 11) is 1.65. The van der Waals surface area contributed by atoms with Crippen molar-refractivity contribution < 1.29 is 18.3 Å². The van der Waals surface area contributed by atoms with Crippen LogP contribution in [0.25, 0.3) is 0 Å². The van der Waals surface area contributed by atoms with E-state index in [1.165, 1.54) is 5.56 Å². The molecule has 0 saturated heterocycles. The molecule has 0 fully saturated rings. The first kappa shape index (κ1) is 17.9. The zero-order valence-corrected chi connectivity index (χ0v) is 12.8. The van der Waals surface area contributed by atoms with E-state index in [2.05, 4.69) is 17.4 Å². The quantitative estimate of drug-likeness (QED) is 0.636. The Balaban J connectivity index is 2.31. The number of hydrogen-bond donors (Lipinski definition) is 1. The predicted octanol–water partition coefficient (Wildman–Crippen LogP) is 3.28. The average Bonchev–Trinajstić information content (AvgIpc) is 2.49. The van der Waals surface area contributed by atoms with E-state index in [1.807, 2.05) is 19.1 Å². The number of ether oxygens (including phenoxy) is 2. The Morgan fingerprint density at radius 3 is 2.43 bits per heavy atom. The van der Waals surface area contributed by atoms with Gasteiger partial charge in [0.2, 0.25) is 0 Å². The van der Waals surface area contributed by atoms with Gasteiger partial charge in [-0.3, -0.25) is 0 Å². The van der Waals surface area contributed by atoms with Crippen molar-refractivity contribution in [2.75, 3.05) is 26.9 Å².